The number of aliphatic hydroxyl groups excluding tert-OH is 1. The molecule has 0 saturated heterocycles. The van der Waals surface area contributed by atoms with E-state index in [2.05, 4.69) is 20.9 Å². The number of aliphatic hydroxyl groups is 1. The van der Waals surface area contributed by atoms with Crippen LogP contribution in [0.4, 0.5) is 0 Å². The van der Waals surface area contributed by atoms with Crippen molar-refractivity contribution in [2.45, 2.75) is 12.5 Å². The molecule has 0 spiro atoms. The van der Waals surface area contributed by atoms with E-state index in [4.69, 9.17) is 9.47 Å². The van der Waals surface area contributed by atoms with Crippen LogP contribution < -0.4 is 9.47 Å². The third-order valence-electron chi connectivity index (χ3n) is 2.99. The van der Waals surface area contributed by atoms with E-state index in [0.29, 0.717) is 23.5 Å². The Morgan fingerprint density at radius 2 is 2.00 bits per heavy atom. The summed E-state index contributed by atoms with van der Waals surface area (Å²) in [6, 6.07) is 9.14. The molecule has 0 aliphatic rings. The average molecular weight is 338 g/mol. The fourth-order valence-corrected chi connectivity index (χ4v) is 2.17. The van der Waals surface area contributed by atoms with Crippen LogP contribution in [0.3, 0.4) is 0 Å². The number of ether oxygens (including phenoxy) is 2. The van der Waals surface area contributed by atoms with Gasteiger partial charge in [0.2, 0.25) is 0 Å². The van der Waals surface area contributed by atoms with E-state index >= 15 is 0 Å². The van der Waals surface area contributed by atoms with Crippen molar-refractivity contribution >= 4 is 15.9 Å². The number of methoxy groups -OCH3 is 2. The number of pyridine rings is 1. The first-order valence-electron chi connectivity index (χ1n) is 6.14. The molecule has 106 valence electrons. The Balaban J connectivity index is 2.23. The van der Waals surface area contributed by atoms with Gasteiger partial charge in [-0.2, -0.15) is 0 Å². The van der Waals surface area contributed by atoms with Crippen LogP contribution in [-0.2, 0) is 6.42 Å². The molecule has 1 heterocycles. The molecule has 0 bridgehead atoms. The van der Waals surface area contributed by atoms with E-state index < -0.39 is 6.10 Å². The van der Waals surface area contributed by atoms with Crippen molar-refractivity contribution in [3.8, 4) is 11.5 Å². The van der Waals surface area contributed by atoms with Crippen LogP contribution in [0.5, 0.6) is 11.5 Å². The van der Waals surface area contributed by atoms with Crippen molar-refractivity contribution in [3.63, 3.8) is 0 Å². The highest BCUT2D eigenvalue weighted by Crippen LogP contribution is 2.31. The third kappa shape index (κ3) is 3.49. The summed E-state index contributed by atoms with van der Waals surface area (Å²) >= 11 is 3.34. The van der Waals surface area contributed by atoms with Gasteiger partial charge in [0.15, 0.2) is 0 Å². The Morgan fingerprint density at radius 1 is 1.20 bits per heavy atom. The van der Waals surface area contributed by atoms with Gasteiger partial charge in [0.25, 0.3) is 0 Å². The minimum absolute atomic E-state index is 0.413. The lowest BCUT2D eigenvalue weighted by atomic mass is 10.0. The second-order valence-corrected chi connectivity index (χ2v) is 5.21. The SMILES string of the molecule is COc1ccc(OC)c(C(O)Cc2ccc(Br)cn2)c1. The van der Waals surface area contributed by atoms with Gasteiger partial charge in [0.1, 0.15) is 11.5 Å². The van der Waals surface area contributed by atoms with Crippen LogP contribution in [0.1, 0.15) is 17.4 Å². The summed E-state index contributed by atoms with van der Waals surface area (Å²) in [7, 11) is 3.17. The van der Waals surface area contributed by atoms with Crippen molar-refractivity contribution in [1.82, 2.24) is 4.98 Å². The lowest BCUT2D eigenvalue weighted by molar-refractivity contribution is 0.172. The highest BCUT2D eigenvalue weighted by Gasteiger charge is 2.15. The minimum Gasteiger partial charge on any atom is -0.497 e. The van der Waals surface area contributed by atoms with Gasteiger partial charge in [-0.15, -0.1) is 0 Å². The molecule has 20 heavy (non-hydrogen) atoms. The molecule has 1 N–H and O–H groups in total. The lowest BCUT2D eigenvalue weighted by Crippen LogP contribution is -2.05. The molecule has 1 unspecified atom stereocenters. The van der Waals surface area contributed by atoms with Crippen LogP contribution in [0, 0.1) is 0 Å². The summed E-state index contributed by atoms with van der Waals surface area (Å²) in [4.78, 5) is 4.26. The lowest BCUT2D eigenvalue weighted by Gasteiger charge is -2.15. The number of hydrogen-bond acceptors (Lipinski definition) is 4. The molecular formula is C15H16BrNO3. The van der Waals surface area contributed by atoms with E-state index in [-0.39, 0.29) is 0 Å². The molecule has 2 aromatic rings. The average Bonchev–Trinajstić information content (AvgIpc) is 2.48. The summed E-state index contributed by atoms with van der Waals surface area (Å²) in [5.74, 6) is 1.32. The Labute approximate surface area is 126 Å². The van der Waals surface area contributed by atoms with Gasteiger partial charge in [0, 0.05) is 28.3 Å². The Bertz CT molecular complexity index is 572. The number of aromatic nitrogens is 1. The molecule has 5 heteroatoms. The highest BCUT2D eigenvalue weighted by atomic mass is 79.9. The summed E-state index contributed by atoms with van der Waals surface area (Å²) in [5.41, 5.74) is 1.50. The van der Waals surface area contributed by atoms with Crippen LogP contribution >= 0.6 is 15.9 Å². The molecule has 1 aromatic carbocycles. The number of nitrogens with zero attached hydrogens (tertiary/aromatic N) is 1. The summed E-state index contributed by atoms with van der Waals surface area (Å²) < 4.78 is 11.4. The second-order valence-electron chi connectivity index (χ2n) is 4.30. The van der Waals surface area contributed by atoms with Crippen LogP contribution in [0.2, 0.25) is 0 Å². The van der Waals surface area contributed by atoms with E-state index in [9.17, 15) is 5.11 Å². The van der Waals surface area contributed by atoms with Crippen molar-refractivity contribution in [3.05, 3.63) is 52.3 Å². The largest absolute Gasteiger partial charge is 0.497 e. The van der Waals surface area contributed by atoms with Gasteiger partial charge in [-0.3, -0.25) is 4.98 Å². The van der Waals surface area contributed by atoms with E-state index in [1.165, 1.54) is 0 Å². The summed E-state index contributed by atoms with van der Waals surface area (Å²) in [6.45, 7) is 0. The monoisotopic (exact) mass is 337 g/mol. The van der Waals surface area contributed by atoms with E-state index in [1.54, 1.807) is 38.6 Å². The molecular weight excluding hydrogens is 322 g/mol. The normalized spacial score (nSPS) is 12.0. The fraction of sp³-hybridized carbons (Fsp3) is 0.267. The molecule has 0 aliphatic heterocycles. The van der Waals surface area contributed by atoms with Crippen molar-refractivity contribution in [2.75, 3.05) is 14.2 Å². The molecule has 0 aliphatic carbocycles. The maximum Gasteiger partial charge on any atom is 0.124 e. The predicted molar refractivity (Wildman–Crippen MR) is 80.1 cm³/mol. The maximum absolute atomic E-state index is 10.4. The van der Waals surface area contributed by atoms with Crippen LogP contribution in [0.25, 0.3) is 0 Å². The minimum atomic E-state index is -0.700. The molecule has 0 fully saturated rings. The van der Waals surface area contributed by atoms with Crippen molar-refractivity contribution < 1.29 is 14.6 Å². The van der Waals surface area contributed by atoms with Gasteiger partial charge < -0.3 is 14.6 Å². The first kappa shape index (κ1) is 14.8. The number of rotatable bonds is 5. The van der Waals surface area contributed by atoms with E-state index in [1.807, 2.05) is 12.1 Å². The van der Waals surface area contributed by atoms with Crippen molar-refractivity contribution in [1.29, 1.82) is 0 Å². The zero-order valence-electron chi connectivity index (χ0n) is 11.3. The Kier molecular flexibility index (Phi) is 4.98. The van der Waals surface area contributed by atoms with Crippen LogP contribution in [-0.4, -0.2) is 24.3 Å². The number of benzene rings is 1. The van der Waals surface area contributed by atoms with E-state index in [0.717, 1.165) is 10.2 Å². The maximum atomic E-state index is 10.4. The summed E-state index contributed by atoms with van der Waals surface area (Å²) in [6.07, 6.45) is 1.43. The molecule has 1 atom stereocenters. The highest BCUT2D eigenvalue weighted by molar-refractivity contribution is 9.10. The number of halogens is 1. The quantitative estimate of drug-likeness (QED) is 0.910. The predicted octanol–water partition coefficient (Wildman–Crippen LogP) is 3.14. The molecule has 0 amide bonds. The Hall–Kier alpha value is -1.59. The zero-order valence-corrected chi connectivity index (χ0v) is 12.9. The topological polar surface area (TPSA) is 51.6 Å². The standard InChI is InChI=1S/C15H16BrNO3/c1-19-12-5-6-15(20-2)13(8-12)14(18)7-11-4-3-10(16)9-17-11/h3-6,8-9,14,18H,7H2,1-2H3. The first-order valence-corrected chi connectivity index (χ1v) is 6.93. The van der Waals surface area contributed by atoms with Gasteiger partial charge in [-0.1, -0.05) is 0 Å². The zero-order chi connectivity index (χ0) is 14.5. The van der Waals surface area contributed by atoms with Gasteiger partial charge in [-0.05, 0) is 46.3 Å². The molecule has 0 radical (unpaired) electrons. The fourth-order valence-electron chi connectivity index (χ4n) is 1.94. The third-order valence-corrected chi connectivity index (χ3v) is 3.46. The van der Waals surface area contributed by atoms with Crippen molar-refractivity contribution in [2.24, 2.45) is 0 Å². The molecule has 2 rings (SSSR count). The smallest absolute Gasteiger partial charge is 0.124 e. The molecule has 0 saturated carbocycles. The van der Waals surface area contributed by atoms with Crippen LogP contribution in [0.15, 0.2) is 41.0 Å². The van der Waals surface area contributed by atoms with Gasteiger partial charge in [0.05, 0.1) is 20.3 Å². The molecule has 4 nitrogen and oxygen atoms in total. The second kappa shape index (κ2) is 6.72. The number of hydrogen-bond donors (Lipinski definition) is 1. The summed E-state index contributed by atoms with van der Waals surface area (Å²) in [5, 5.41) is 10.4. The molecule has 1 aromatic heterocycles. The van der Waals surface area contributed by atoms with Gasteiger partial charge in [-0.25, -0.2) is 0 Å². The Morgan fingerprint density at radius 3 is 2.60 bits per heavy atom. The van der Waals surface area contributed by atoms with Gasteiger partial charge >= 0.3 is 0 Å². The first-order chi connectivity index (χ1) is 9.63.